The number of ether oxygens (including phenoxy) is 1. The number of hydrogen-bond acceptors (Lipinski definition) is 4. The average Bonchev–Trinajstić information content (AvgIpc) is 2.72. The lowest BCUT2D eigenvalue weighted by molar-refractivity contribution is -0.127. The maximum absolute atomic E-state index is 12.3. The van der Waals surface area contributed by atoms with Crippen molar-refractivity contribution in [1.29, 1.82) is 0 Å². The van der Waals surface area contributed by atoms with Crippen LogP contribution in [0, 0.1) is 0 Å². The summed E-state index contributed by atoms with van der Waals surface area (Å²) in [6, 6.07) is 6.34. The van der Waals surface area contributed by atoms with Gasteiger partial charge in [-0.05, 0) is 31.4 Å². The van der Waals surface area contributed by atoms with Crippen LogP contribution in [0.2, 0.25) is 0 Å². The molecule has 0 radical (unpaired) electrons. The van der Waals surface area contributed by atoms with Crippen molar-refractivity contribution >= 4 is 22.6 Å². The zero-order chi connectivity index (χ0) is 15.9. The van der Waals surface area contributed by atoms with Crippen molar-refractivity contribution < 1.29 is 18.5 Å². The van der Waals surface area contributed by atoms with E-state index in [2.05, 4.69) is 10.6 Å². The maximum Gasteiger partial charge on any atom is 0.242 e. The third-order valence-corrected chi connectivity index (χ3v) is 4.80. The van der Waals surface area contributed by atoms with Gasteiger partial charge in [-0.15, -0.1) is 0 Å². The van der Waals surface area contributed by atoms with Gasteiger partial charge in [0.1, 0.15) is 17.5 Å². The number of rotatable bonds is 5. The standard InChI is InChI=1S/C15H20N2O4S/c1-21-12-7-2-3-8-13(12)22(20)10-14(18)17-11-6-4-5-9-16-15(11)19/h2-3,7-8,11H,4-6,9-10H2,1H3,(H,16,19)(H,17,18)/t11-,22-/m1/s1. The molecule has 120 valence electrons. The molecule has 0 aromatic heterocycles. The molecule has 1 aliphatic rings. The molecule has 2 rings (SSSR count). The molecule has 6 nitrogen and oxygen atoms in total. The third-order valence-electron chi connectivity index (χ3n) is 3.45. The van der Waals surface area contributed by atoms with Gasteiger partial charge in [-0.25, -0.2) is 0 Å². The summed E-state index contributed by atoms with van der Waals surface area (Å²) in [7, 11) is -0.0216. The molecule has 1 heterocycles. The zero-order valence-electron chi connectivity index (χ0n) is 12.5. The van der Waals surface area contributed by atoms with Gasteiger partial charge in [0.15, 0.2) is 0 Å². The lowest BCUT2D eigenvalue weighted by Gasteiger charge is -2.15. The van der Waals surface area contributed by atoms with Gasteiger partial charge in [-0.2, -0.15) is 0 Å². The Kier molecular flexibility index (Phi) is 5.94. The second kappa shape index (κ2) is 7.93. The van der Waals surface area contributed by atoms with Crippen molar-refractivity contribution in [2.75, 3.05) is 19.4 Å². The van der Waals surface area contributed by atoms with E-state index in [-0.39, 0.29) is 11.7 Å². The topological polar surface area (TPSA) is 84.5 Å². The normalized spacial score (nSPS) is 19.7. The van der Waals surface area contributed by atoms with E-state index in [9.17, 15) is 13.8 Å². The average molecular weight is 324 g/mol. The van der Waals surface area contributed by atoms with Crippen LogP contribution in [-0.4, -0.2) is 41.5 Å². The van der Waals surface area contributed by atoms with Crippen LogP contribution in [-0.2, 0) is 20.4 Å². The minimum Gasteiger partial charge on any atom is -0.495 e. The van der Waals surface area contributed by atoms with Crippen LogP contribution in [0.25, 0.3) is 0 Å². The third kappa shape index (κ3) is 4.30. The fourth-order valence-electron chi connectivity index (χ4n) is 2.32. The minimum atomic E-state index is -1.51. The molecule has 0 saturated carbocycles. The summed E-state index contributed by atoms with van der Waals surface area (Å²) in [6.07, 6.45) is 2.39. The first-order chi connectivity index (χ1) is 10.6. The summed E-state index contributed by atoms with van der Waals surface area (Å²) < 4.78 is 17.4. The monoisotopic (exact) mass is 324 g/mol. The van der Waals surface area contributed by atoms with Crippen LogP contribution in [0.15, 0.2) is 29.2 Å². The second-order valence-electron chi connectivity index (χ2n) is 5.05. The van der Waals surface area contributed by atoms with Crippen molar-refractivity contribution in [3.05, 3.63) is 24.3 Å². The van der Waals surface area contributed by atoms with Gasteiger partial charge in [-0.1, -0.05) is 12.1 Å². The summed E-state index contributed by atoms with van der Waals surface area (Å²) in [5.41, 5.74) is 0. The Morgan fingerprint density at radius 1 is 1.41 bits per heavy atom. The van der Waals surface area contributed by atoms with Gasteiger partial charge in [0.05, 0.1) is 22.8 Å². The fraction of sp³-hybridized carbons (Fsp3) is 0.467. The molecule has 1 fully saturated rings. The lowest BCUT2D eigenvalue weighted by atomic mass is 10.1. The Morgan fingerprint density at radius 2 is 2.18 bits per heavy atom. The Balaban J connectivity index is 1.96. The van der Waals surface area contributed by atoms with E-state index in [1.54, 1.807) is 24.3 Å². The molecular formula is C15H20N2O4S. The number of para-hydroxylation sites is 1. The lowest BCUT2D eigenvalue weighted by Crippen LogP contribution is -2.46. The number of carbonyl (C=O) groups is 2. The van der Waals surface area contributed by atoms with Crippen LogP contribution >= 0.6 is 0 Å². The van der Waals surface area contributed by atoms with Crippen molar-refractivity contribution in [3.8, 4) is 5.75 Å². The molecular weight excluding hydrogens is 304 g/mol. The molecule has 1 saturated heterocycles. The highest BCUT2D eigenvalue weighted by molar-refractivity contribution is 7.85. The van der Waals surface area contributed by atoms with Gasteiger partial charge >= 0.3 is 0 Å². The molecule has 1 aromatic carbocycles. The molecule has 1 aliphatic heterocycles. The highest BCUT2D eigenvalue weighted by Gasteiger charge is 2.23. The SMILES string of the molecule is COc1ccccc1[S@](=O)CC(=O)N[C@@H]1CCCCNC1=O. The molecule has 0 spiro atoms. The van der Waals surface area contributed by atoms with Crippen molar-refractivity contribution in [3.63, 3.8) is 0 Å². The number of nitrogens with one attached hydrogen (secondary N) is 2. The molecule has 0 unspecified atom stereocenters. The molecule has 2 atom stereocenters. The summed E-state index contributed by atoms with van der Waals surface area (Å²) in [5.74, 6) is -0.273. The highest BCUT2D eigenvalue weighted by atomic mass is 32.2. The van der Waals surface area contributed by atoms with E-state index >= 15 is 0 Å². The first-order valence-corrected chi connectivity index (χ1v) is 8.52. The Labute approximate surface area is 132 Å². The number of carbonyl (C=O) groups excluding carboxylic acids is 2. The predicted molar refractivity (Wildman–Crippen MR) is 83.1 cm³/mol. The summed E-state index contributed by atoms with van der Waals surface area (Å²) in [4.78, 5) is 24.3. The van der Waals surface area contributed by atoms with Crippen LogP contribution in [0.4, 0.5) is 0 Å². The van der Waals surface area contributed by atoms with Crippen molar-refractivity contribution in [2.45, 2.75) is 30.2 Å². The highest BCUT2D eigenvalue weighted by Crippen LogP contribution is 2.21. The van der Waals surface area contributed by atoms with E-state index in [0.29, 0.717) is 23.6 Å². The number of hydrogen-bond donors (Lipinski definition) is 2. The van der Waals surface area contributed by atoms with Gasteiger partial charge < -0.3 is 15.4 Å². The van der Waals surface area contributed by atoms with E-state index in [1.807, 2.05) is 0 Å². The molecule has 1 aromatic rings. The number of methoxy groups -OCH3 is 1. The van der Waals surface area contributed by atoms with E-state index in [1.165, 1.54) is 7.11 Å². The van der Waals surface area contributed by atoms with E-state index < -0.39 is 22.7 Å². The van der Waals surface area contributed by atoms with Crippen molar-refractivity contribution in [2.24, 2.45) is 0 Å². The smallest absolute Gasteiger partial charge is 0.242 e. The van der Waals surface area contributed by atoms with Gasteiger partial charge in [0.2, 0.25) is 11.8 Å². The Morgan fingerprint density at radius 3 is 2.95 bits per heavy atom. The first kappa shape index (κ1) is 16.5. The van der Waals surface area contributed by atoms with Crippen LogP contribution in [0.5, 0.6) is 5.75 Å². The van der Waals surface area contributed by atoms with Gasteiger partial charge in [0, 0.05) is 6.54 Å². The van der Waals surface area contributed by atoms with Crippen LogP contribution in [0.3, 0.4) is 0 Å². The summed E-state index contributed by atoms with van der Waals surface area (Å²) in [5, 5.41) is 5.42. The fourth-order valence-corrected chi connectivity index (χ4v) is 3.40. The van der Waals surface area contributed by atoms with Crippen LogP contribution in [0.1, 0.15) is 19.3 Å². The zero-order valence-corrected chi connectivity index (χ0v) is 13.3. The van der Waals surface area contributed by atoms with E-state index in [0.717, 1.165) is 12.8 Å². The Bertz CT molecular complexity index is 576. The van der Waals surface area contributed by atoms with E-state index in [4.69, 9.17) is 4.74 Å². The quantitative estimate of drug-likeness (QED) is 0.830. The largest absolute Gasteiger partial charge is 0.495 e. The molecule has 7 heteroatoms. The summed E-state index contributed by atoms with van der Waals surface area (Å²) in [6.45, 7) is 0.637. The molecule has 2 amide bonds. The molecule has 0 bridgehead atoms. The second-order valence-corrected chi connectivity index (χ2v) is 6.47. The number of amides is 2. The predicted octanol–water partition coefficient (Wildman–Crippen LogP) is 0.588. The van der Waals surface area contributed by atoms with Crippen LogP contribution < -0.4 is 15.4 Å². The minimum absolute atomic E-state index is 0.172. The Hall–Kier alpha value is -1.89. The van der Waals surface area contributed by atoms with Gasteiger partial charge in [0.25, 0.3) is 0 Å². The first-order valence-electron chi connectivity index (χ1n) is 7.20. The molecule has 0 aliphatic carbocycles. The van der Waals surface area contributed by atoms with Crippen molar-refractivity contribution in [1.82, 2.24) is 10.6 Å². The van der Waals surface area contributed by atoms with Gasteiger partial charge in [-0.3, -0.25) is 13.8 Å². The molecule has 2 N–H and O–H groups in total. The summed E-state index contributed by atoms with van der Waals surface area (Å²) >= 11 is 0. The maximum atomic E-state index is 12.3. The molecule has 22 heavy (non-hydrogen) atoms. The number of benzene rings is 1.